The van der Waals surface area contributed by atoms with E-state index in [1.807, 2.05) is 36.8 Å². The molecule has 0 N–H and O–H groups in total. The lowest BCUT2D eigenvalue weighted by atomic mass is 10.2. The first kappa shape index (κ1) is 21.7. The van der Waals surface area contributed by atoms with Gasteiger partial charge in [-0.1, -0.05) is 11.6 Å². The van der Waals surface area contributed by atoms with Crippen LogP contribution in [0.15, 0.2) is 17.5 Å². The Hall–Kier alpha value is -3.12. The third-order valence-electron chi connectivity index (χ3n) is 5.61. The van der Waals surface area contributed by atoms with E-state index in [4.69, 9.17) is 11.6 Å². The lowest BCUT2D eigenvalue weighted by molar-refractivity contribution is 0.140. The first-order valence-corrected chi connectivity index (χ1v) is 11.8. The predicted octanol–water partition coefficient (Wildman–Crippen LogP) is 2.77. The van der Waals surface area contributed by atoms with Crippen LogP contribution in [0.5, 0.6) is 0 Å². The monoisotopic (exact) mass is 486 g/mol. The number of hydrogen-bond donors (Lipinski definition) is 0. The summed E-state index contributed by atoms with van der Waals surface area (Å²) in [6.45, 7) is 7.92. The highest BCUT2D eigenvalue weighted by atomic mass is 35.5. The molecule has 11 nitrogen and oxygen atoms in total. The van der Waals surface area contributed by atoms with Crippen molar-refractivity contribution in [1.82, 2.24) is 39.6 Å². The van der Waals surface area contributed by atoms with Gasteiger partial charge in [-0.05, 0) is 20.8 Å². The zero-order valence-electron chi connectivity index (χ0n) is 18.5. The first-order valence-electron chi connectivity index (χ1n) is 10.6. The number of hydrogen-bond acceptors (Lipinski definition) is 9. The summed E-state index contributed by atoms with van der Waals surface area (Å²) in [5.74, 6) is 2.39. The molecule has 2 aliphatic heterocycles. The van der Waals surface area contributed by atoms with Crippen molar-refractivity contribution in [2.24, 2.45) is 5.10 Å². The van der Waals surface area contributed by atoms with E-state index in [9.17, 15) is 4.79 Å². The fourth-order valence-corrected chi connectivity index (χ4v) is 5.04. The largest absolute Gasteiger partial charge is 0.341 e. The summed E-state index contributed by atoms with van der Waals surface area (Å²) in [4.78, 5) is 35.8. The molecular formula is C20H23ClN10OS. The second-order valence-electron chi connectivity index (χ2n) is 7.89. The summed E-state index contributed by atoms with van der Waals surface area (Å²) in [6.07, 6.45) is 5.92. The van der Waals surface area contributed by atoms with E-state index in [-0.39, 0.29) is 12.1 Å². The van der Waals surface area contributed by atoms with Crippen molar-refractivity contribution < 1.29 is 4.79 Å². The number of carbonyl (C=O) groups excluding carboxylic acids is 1. The summed E-state index contributed by atoms with van der Waals surface area (Å²) >= 11 is 7.95. The Morgan fingerprint density at radius 3 is 2.55 bits per heavy atom. The minimum Gasteiger partial charge on any atom is -0.337 e. The van der Waals surface area contributed by atoms with Gasteiger partial charge in [-0.2, -0.15) is 14.8 Å². The average molecular weight is 487 g/mol. The van der Waals surface area contributed by atoms with Crippen LogP contribution in [-0.2, 0) is 0 Å². The highest BCUT2D eigenvalue weighted by Crippen LogP contribution is 2.33. The molecule has 1 saturated heterocycles. The second kappa shape index (κ2) is 8.67. The number of aryl methyl sites for hydroxylation is 3. The lowest BCUT2D eigenvalue weighted by Crippen LogP contribution is -2.52. The molecule has 3 aromatic rings. The van der Waals surface area contributed by atoms with Crippen LogP contribution in [-0.4, -0.2) is 78.0 Å². The van der Waals surface area contributed by atoms with E-state index in [0.717, 1.165) is 9.88 Å². The van der Waals surface area contributed by atoms with Crippen molar-refractivity contribution in [3.8, 4) is 5.82 Å². The fourth-order valence-electron chi connectivity index (χ4n) is 3.98. The molecule has 1 atom stereocenters. The average Bonchev–Trinajstić information content (AvgIpc) is 3.53. The minimum absolute atomic E-state index is 0.0849. The van der Waals surface area contributed by atoms with Gasteiger partial charge in [0, 0.05) is 49.9 Å². The number of thiazole rings is 1. The van der Waals surface area contributed by atoms with Crippen LogP contribution in [0.1, 0.15) is 34.0 Å². The van der Waals surface area contributed by atoms with E-state index < -0.39 is 0 Å². The molecule has 3 aromatic heterocycles. The molecule has 0 aromatic carbocycles. The molecule has 5 heterocycles. The highest BCUT2D eigenvalue weighted by molar-refractivity contribution is 7.11. The van der Waals surface area contributed by atoms with Gasteiger partial charge in [-0.15, -0.1) is 16.4 Å². The number of hydrazone groups is 1. The molecule has 0 aliphatic carbocycles. The molecule has 5 rings (SSSR count). The van der Waals surface area contributed by atoms with Gasteiger partial charge in [0.15, 0.2) is 5.82 Å². The molecule has 0 saturated carbocycles. The first-order chi connectivity index (χ1) is 15.9. The van der Waals surface area contributed by atoms with E-state index in [2.05, 4.69) is 30.1 Å². The van der Waals surface area contributed by atoms with Gasteiger partial charge in [0.2, 0.25) is 5.95 Å². The van der Waals surface area contributed by atoms with Crippen LogP contribution >= 0.6 is 22.9 Å². The molecule has 0 radical (unpaired) electrons. The molecule has 0 bridgehead atoms. The number of nitrogens with zero attached hydrogens (tertiary/aromatic N) is 10. The number of rotatable bonds is 3. The van der Waals surface area contributed by atoms with E-state index >= 15 is 0 Å². The van der Waals surface area contributed by atoms with Gasteiger partial charge in [0.25, 0.3) is 0 Å². The molecule has 2 amide bonds. The Bertz CT molecular complexity index is 1220. The molecule has 172 valence electrons. The predicted molar refractivity (Wildman–Crippen MR) is 125 cm³/mol. The van der Waals surface area contributed by atoms with Crippen LogP contribution < -0.4 is 4.90 Å². The van der Waals surface area contributed by atoms with Gasteiger partial charge < -0.3 is 9.80 Å². The smallest absolute Gasteiger partial charge is 0.337 e. The molecule has 1 unspecified atom stereocenters. The Kier molecular flexibility index (Phi) is 5.71. The van der Waals surface area contributed by atoms with Gasteiger partial charge in [0.1, 0.15) is 16.7 Å². The zero-order valence-corrected chi connectivity index (χ0v) is 20.1. The zero-order chi connectivity index (χ0) is 23.1. The number of urea groups is 1. The maximum Gasteiger partial charge on any atom is 0.341 e. The van der Waals surface area contributed by atoms with Crippen LogP contribution in [0.2, 0.25) is 5.02 Å². The van der Waals surface area contributed by atoms with Crippen LogP contribution in [0.25, 0.3) is 5.82 Å². The minimum atomic E-state index is -0.0918. The standard InChI is InChI=1S/C20H23ClN10OS/c1-12-25-13(2)30(27-12)18-15(21)10-23-19(26-18)28-6-8-29(9-7-28)20(32)31-16(4-5-24-31)17-11-22-14(3)33-17/h5,10-11,16H,4,6-9H2,1-3H3. The van der Waals surface area contributed by atoms with E-state index in [0.29, 0.717) is 61.0 Å². The lowest BCUT2D eigenvalue weighted by Gasteiger charge is -2.36. The highest BCUT2D eigenvalue weighted by Gasteiger charge is 2.34. The summed E-state index contributed by atoms with van der Waals surface area (Å²) in [5, 5.41) is 11.7. The quantitative estimate of drug-likeness (QED) is 0.560. The second-order valence-corrected chi connectivity index (χ2v) is 9.57. The number of amides is 2. The molecule has 33 heavy (non-hydrogen) atoms. The number of carbonyl (C=O) groups is 1. The molecule has 0 spiro atoms. The van der Waals surface area contributed by atoms with E-state index in [1.165, 1.54) is 0 Å². The molecule has 2 aliphatic rings. The van der Waals surface area contributed by atoms with Gasteiger partial charge in [0.05, 0.1) is 17.2 Å². The number of halogens is 1. The molecule has 1 fully saturated rings. The van der Waals surface area contributed by atoms with Crippen LogP contribution in [0, 0.1) is 20.8 Å². The maximum absolute atomic E-state index is 13.2. The summed E-state index contributed by atoms with van der Waals surface area (Å²) in [5.41, 5.74) is 0. The third-order valence-corrected chi connectivity index (χ3v) is 6.90. The number of piperazine rings is 1. The maximum atomic E-state index is 13.2. The van der Waals surface area contributed by atoms with Gasteiger partial charge in [-0.25, -0.2) is 24.8 Å². The SMILES string of the molecule is Cc1nc(C)n(-c2nc(N3CCN(C(=O)N4N=CCC4c4cnc(C)s4)CC3)ncc2Cl)n1. The van der Waals surface area contributed by atoms with Gasteiger partial charge in [-0.3, -0.25) is 0 Å². The number of anilines is 1. The fraction of sp³-hybridized carbons (Fsp3) is 0.450. The van der Waals surface area contributed by atoms with E-state index in [1.54, 1.807) is 33.4 Å². The van der Waals surface area contributed by atoms with Crippen molar-refractivity contribution in [3.05, 3.63) is 38.9 Å². The Labute approximate surface area is 199 Å². The molecule has 13 heteroatoms. The summed E-state index contributed by atoms with van der Waals surface area (Å²) in [6, 6.07) is -0.177. The van der Waals surface area contributed by atoms with Crippen molar-refractivity contribution in [3.63, 3.8) is 0 Å². The Morgan fingerprint density at radius 1 is 1.09 bits per heavy atom. The van der Waals surface area contributed by atoms with Crippen molar-refractivity contribution in [2.45, 2.75) is 33.2 Å². The Morgan fingerprint density at radius 2 is 1.88 bits per heavy atom. The van der Waals surface area contributed by atoms with Crippen LogP contribution in [0.4, 0.5) is 10.7 Å². The summed E-state index contributed by atoms with van der Waals surface area (Å²) < 4.78 is 1.62. The Balaban J connectivity index is 1.27. The molecular weight excluding hydrogens is 464 g/mol. The topological polar surface area (TPSA) is 109 Å². The van der Waals surface area contributed by atoms with Gasteiger partial charge >= 0.3 is 6.03 Å². The number of aromatic nitrogens is 6. The van der Waals surface area contributed by atoms with Crippen molar-refractivity contribution in [1.29, 1.82) is 0 Å². The van der Waals surface area contributed by atoms with Crippen molar-refractivity contribution in [2.75, 3.05) is 31.1 Å². The normalized spacial score (nSPS) is 18.4. The van der Waals surface area contributed by atoms with Crippen molar-refractivity contribution >= 4 is 41.1 Å². The van der Waals surface area contributed by atoms with Crippen LogP contribution in [0.3, 0.4) is 0 Å². The third kappa shape index (κ3) is 4.15. The summed E-state index contributed by atoms with van der Waals surface area (Å²) in [7, 11) is 0.